The zero-order chi connectivity index (χ0) is 18.3. The summed E-state index contributed by atoms with van der Waals surface area (Å²) in [6.45, 7) is 2.95. The fourth-order valence-corrected chi connectivity index (χ4v) is 3.19. The standard InChI is InChI=1S/C21H34N4O/c1-2-3-4-5-6-7-8-12-15-20(16-17-21-22-24-25-23-21)26-18-19-13-10-9-11-14-19/h9-11,13-14,20H,2-8,12,15-18H2,1H3,(H,22,23,24,25). The van der Waals surface area contributed by atoms with E-state index in [0.717, 1.165) is 25.1 Å². The molecule has 26 heavy (non-hydrogen) atoms. The third-order valence-electron chi connectivity index (χ3n) is 4.80. The van der Waals surface area contributed by atoms with Gasteiger partial charge in [0.15, 0.2) is 0 Å². The van der Waals surface area contributed by atoms with E-state index in [2.05, 4.69) is 51.8 Å². The fourth-order valence-electron chi connectivity index (χ4n) is 3.19. The van der Waals surface area contributed by atoms with Crippen LogP contribution in [0.5, 0.6) is 0 Å². The molecule has 0 saturated heterocycles. The summed E-state index contributed by atoms with van der Waals surface area (Å²) in [5, 5.41) is 14.1. The highest BCUT2D eigenvalue weighted by atomic mass is 16.5. The van der Waals surface area contributed by atoms with E-state index < -0.39 is 0 Å². The second-order valence-electron chi connectivity index (χ2n) is 7.07. The number of aromatic amines is 1. The Hall–Kier alpha value is -1.75. The lowest BCUT2D eigenvalue weighted by Crippen LogP contribution is -2.14. The van der Waals surface area contributed by atoms with Gasteiger partial charge in [-0.1, -0.05) is 88.6 Å². The molecule has 1 aromatic carbocycles. The van der Waals surface area contributed by atoms with Crippen molar-refractivity contribution in [2.24, 2.45) is 0 Å². The summed E-state index contributed by atoms with van der Waals surface area (Å²) >= 11 is 0. The molecule has 0 spiro atoms. The summed E-state index contributed by atoms with van der Waals surface area (Å²) in [6.07, 6.45) is 13.9. The highest BCUT2D eigenvalue weighted by Crippen LogP contribution is 2.16. The van der Waals surface area contributed by atoms with Crippen molar-refractivity contribution in [3.8, 4) is 0 Å². The first-order chi connectivity index (χ1) is 12.9. The van der Waals surface area contributed by atoms with Crippen LogP contribution in [0, 0.1) is 0 Å². The van der Waals surface area contributed by atoms with Gasteiger partial charge in [-0.15, -0.1) is 5.10 Å². The zero-order valence-corrected chi connectivity index (χ0v) is 16.2. The Kier molecular flexibility index (Phi) is 10.6. The van der Waals surface area contributed by atoms with Crippen LogP contribution in [0.1, 0.15) is 82.5 Å². The van der Waals surface area contributed by atoms with E-state index in [-0.39, 0.29) is 6.10 Å². The van der Waals surface area contributed by atoms with Gasteiger partial charge in [0.05, 0.1) is 12.7 Å². The predicted molar refractivity (Wildman–Crippen MR) is 105 cm³/mol. The highest BCUT2D eigenvalue weighted by molar-refractivity contribution is 5.13. The van der Waals surface area contributed by atoms with Crippen LogP contribution in [0.4, 0.5) is 0 Å². The average molecular weight is 359 g/mol. The second-order valence-corrected chi connectivity index (χ2v) is 7.07. The third-order valence-corrected chi connectivity index (χ3v) is 4.80. The number of nitrogens with zero attached hydrogens (tertiary/aromatic N) is 3. The summed E-state index contributed by atoms with van der Waals surface area (Å²) in [7, 11) is 0. The smallest absolute Gasteiger partial charge is 0.148 e. The van der Waals surface area contributed by atoms with Gasteiger partial charge in [-0.3, -0.25) is 0 Å². The molecule has 5 nitrogen and oxygen atoms in total. The molecule has 0 aliphatic carbocycles. The maximum atomic E-state index is 6.20. The molecule has 144 valence electrons. The second kappa shape index (κ2) is 13.5. The zero-order valence-electron chi connectivity index (χ0n) is 16.2. The molecule has 1 atom stereocenters. The van der Waals surface area contributed by atoms with Gasteiger partial charge < -0.3 is 4.74 Å². The minimum absolute atomic E-state index is 0.264. The van der Waals surface area contributed by atoms with Crippen LogP contribution in [0.15, 0.2) is 30.3 Å². The van der Waals surface area contributed by atoms with Crippen molar-refractivity contribution in [2.75, 3.05) is 0 Å². The summed E-state index contributed by atoms with van der Waals surface area (Å²) < 4.78 is 6.20. The number of aryl methyl sites for hydroxylation is 1. The molecule has 2 aromatic rings. The number of tetrazole rings is 1. The molecule has 0 radical (unpaired) electrons. The topological polar surface area (TPSA) is 63.7 Å². The molecule has 0 aliphatic rings. The third kappa shape index (κ3) is 9.09. The summed E-state index contributed by atoms with van der Waals surface area (Å²) in [5.74, 6) is 0.842. The molecule has 1 N–H and O–H groups in total. The summed E-state index contributed by atoms with van der Waals surface area (Å²) in [6, 6.07) is 10.4. The van der Waals surface area contributed by atoms with Crippen molar-refractivity contribution in [1.82, 2.24) is 20.6 Å². The molecular formula is C21H34N4O. The molecule has 0 bridgehead atoms. The predicted octanol–water partition coefficient (Wildman–Crippen LogP) is 5.25. The van der Waals surface area contributed by atoms with E-state index in [0.29, 0.717) is 6.61 Å². The van der Waals surface area contributed by atoms with Crippen LogP contribution in [-0.4, -0.2) is 26.7 Å². The molecule has 1 heterocycles. The van der Waals surface area contributed by atoms with Crippen LogP contribution in [0.25, 0.3) is 0 Å². The van der Waals surface area contributed by atoms with Crippen LogP contribution >= 0.6 is 0 Å². The van der Waals surface area contributed by atoms with Crippen LogP contribution in [0.2, 0.25) is 0 Å². The molecule has 5 heteroatoms. The molecule has 2 rings (SSSR count). The maximum absolute atomic E-state index is 6.20. The Morgan fingerprint density at radius 3 is 2.35 bits per heavy atom. The molecule has 1 aromatic heterocycles. The van der Waals surface area contributed by atoms with E-state index >= 15 is 0 Å². The Balaban J connectivity index is 1.66. The quantitative estimate of drug-likeness (QED) is 0.442. The number of aromatic nitrogens is 4. The first kappa shape index (κ1) is 20.6. The molecule has 0 fully saturated rings. The Morgan fingerprint density at radius 1 is 0.923 bits per heavy atom. The monoisotopic (exact) mass is 358 g/mol. The van der Waals surface area contributed by atoms with E-state index in [1.807, 2.05) is 6.07 Å². The van der Waals surface area contributed by atoms with E-state index in [9.17, 15) is 0 Å². The number of hydrogen-bond donors (Lipinski definition) is 1. The van der Waals surface area contributed by atoms with Crippen LogP contribution < -0.4 is 0 Å². The number of ether oxygens (including phenoxy) is 1. The molecule has 0 saturated carbocycles. The van der Waals surface area contributed by atoms with Gasteiger partial charge in [0.25, 0.3) is 0 Å². The van der Waals surface area contributed by atoms with Gasteiger partial charge in [0.1, 0.15) is 5.82 Å². The molecular weight excluding hydrogens is 324 g/mol. The van der Waals surface area contributed by atoms with Gasteiger partial charge in [-0.25, -0.2) is 5.10 Å². The van der Waals surface area contributed by atoms with Gasteiger partial charge in [-0.2, -0.15) is 0 Å². The maximum Gasteiger partial charge on any atom is 0.148 e. The molecule has 0 amide bonds. The van der Waals surface area contributed by atoms with Crippen molar-refractivity contribution >= 4 is 0 Å². The number of rotatable bonds is 15. The summed E-state index contributed by atoms with van der Waals surface area (Å²) in [4.78, 5) is 0. The lowest BCUT2D eigenvalue weighted by atomic mass is 10.0. The number of hydrogen-bond acceptors (Lipinski definition) is 4. The Bertz CT molecular complexity index is 544. The number of H-pyrrole nitrogens is 1. The van der Waals surface area contributed by atoms with Crippen molar-refractivity contribution in [3.05, 3.63) is 41.7 Å². The van der Waals surface area contributed by atoms with Gasteiger partial charge >= 0.3 is 0 Å². The lowest BCUT2D eigenvalue weighted by molar-refractivity contribution is 0.0276. The molecule has 1 unspecified atom stereocenters. The van der Waals surface area contributed by atoms with E-state index in [4.69, 9.17) is 4.74 Å². The van der Waals surface area contributed by atoms with E-state index in [1.165, 1.54) is 56.9 Å². The van der Waals surface area contributed by atoms with Gasteiger partial charge in [0.2, 0.25) is 0 Å². The normalized spacial score (nSPS) is 12.3. The number of benzene rings is 1. The fraction of sp³-hybridized carbons (Fsp3) is 0.667. The SMILES string of the molecule is CCCCCCCCCCC(CCc1nnn[nH]1)OCc1ccccc1. The van der Waals surface area contributed by atoms with Crippen LogP contribution in [-0.2, 0) is 17.8 Å². The first-order valence-electron chi connectivity index (χ1n) is 10.3. The Morgan fingerprint density at radius 2 is 1.65 bits per heavy atom. The summed E-state index contributed by atoms with van der Waals surface area (Å²) in [5.41, 5.74) is 1.23. The van der Waals surface area contributed by atoms with E-state index in [1.54, 1.807) is 0 Å². The van der Waals surface area contributed by atoms with Gasteiger partial charge in [0, 0.05) is 6.42 Å². The largest absolute Gasteiger partial charge is 0.374 e. The van der Waals surface area contributed by atoms with Crippen LogP contribution in [0.3, 0.4) is 0 Å². The lowest BCUT2D eigenvalue weighted by Gasteiger charge is -2.17. The number of nitrogens with one attached hydrogen (secondary N) is 1. The first-order valence-corrected chi connectivity index (χ1v) is 10.3. The number of unbranched alkanes of at least 4 members (excludes halogenated alkanes) is 7. The Labute approximate surface area is 157 Å². The van der Waals surface area contributed by atoms with Crippen molar-refractivity contribution < 1.29 is 4.74 Å². The average Bonchev–Trinajstić information content (AvgIpc) is 3.20. The van der Waals surface area contributed by atoms with Crippen molar-refractivity contribution in [2.45, 2.75) is 90.3 Å². The molecule has 0 aliphatic heterocycles. The highest BCUT2D eigenvalue weighted by Gasteiger charge is 2.11. The minimum atomic E-state index is 0.264. The minimum Gasteiger partial charge on any atom is -0.374 e. The van der Waals surface area contributed by atoms with Crippen molar-refractivity contribution in [1.29, 1.82) is 0 Å². The van der Waals surface area contributed by atoms with Crippen molar-refractivity contribution in [3.63, 3.8) is 0 Å². The van der Waals surface area contributed by atoms with Gasteiger partial charge in [-0.05, 0) is 28.8 Å².